The molecule has 16 heavy (non-hydrogen) atoms. The Hall–Kier alpha value is -0.850. The molecule has 0 unspecified atom stereocenters. The Bertz CT molecular complexity index is 411. The van der Waals surface area contributed by atoms with Crippen LogP contribution in [0.4, 0.5) is 13.2 Å². The molecule has 0 aromatic carbocycles. The molecule has 0 aliphatic heterocycles. The molecule has 1 N–H and O–H groups in total. The molecule has 0 aliphatic rings. The van der Waals surface area contributed by atoms with E-state index in [9.17, 15) is 13.2 Å². The summed E-state index contributed by atoms with van der Waals surface area (Å²) < 4.78 is 37.9. The lowest BCUT2D eigenvalue weighted by Gasteiger charge is -2.18. The van der Waals surface area contributed by atoms with Crippen LogP contribution in [0.2, 0.25) is 0 Å². The molecule has 0 atom stereocenters. The van der Waals surface area contributed by atoms with Crippen LogP contribution in [0.15, 0.2) is 0 Å². The molecule has 0 saturated carbocycles. The maximum atomic E-state index is 12.3. The van der Waals surface area contributed by atoms with E-state index in [1.165, 1.54) is 0 Å². The van der Waals surface area contributed by atoms with E-state index in [-0.39, 0.29) is 10.2 Å². The van der Waals surface area contributed by atoms with Crippen molar-refractivity contribution in [3.8, 4) is 0 Å². The van der Waals surface area contributed by atoms with Crippen molar-refractivity contribution < 1.29 is 13.2 Å². The molecule has 0 fully saturated rings. The van der Waals surface area contributed by atoms with Gasteiger partial charge in [-0.2, -0.15) is 18.3 Å². The second-order valence-electron chi connectivity index (χ2n) is 4.88. The summed E-state index contributed by atoms with van der Waals surface area (Å²) in [6.07, 6.45) is -3.84. The molecular weight excluding hydrogens is 239 g/mol. The molecule has 92 valence electrons. The third-order valence-corrected chi connectivity index (χ3v) is 2.17. The zero-order valence-corrected chi connectivity index (χ0v) is 10.2. The number of hydrogen-bond acceptors (Lipinski definition) is 2. The molecule has 0 spiro atoms. The van der Waals surface area contributed by atoms with Crippen molar-refractivity contribution in [2.75, 3.05) is 0 Å². The van der Waals surface area contributed by atoms with Gasteiger partial charge >= 0.3 is 6.18 Å². The SMILES string of the molecule is CC(C)(C)Cc1n[nH]c(=S)n1CC(F)(F)F. The minimum atomic E-state index is -4.28. The Balaban J connectivity index is 3.00. The minimum Gasteiger partial charge on any atom is -0.295 e. The Morgan fingerprint density at radius 3 is 2.31 bits per heavy atom. The predicted molar refractivity (Wildman–Crippen MR) is 56.6 cm³/mol. The average Bonchev–Trinajstić information content (AvgIpc) is 2.30. The zero-order valence-electron chi connectivity index (χ0n) is 9.35. The fourth-order valence-corrected chi connectivity index (χ4v) is 1.52. The van der Waals surface area contributed by atoms with Crippen molar-refractivity contribution in [1.82, 2.24) is 14.8 Å². The summed E-state index contributed by atoms with van der Waals surface area (Å²) in [5.74, 6) is 0.342. The maximum Gasteiger partial charge on any atom is 0.406 e. The van der Waals surface area contributed by atoms with Crippen molar-refractivity contribution >= 4 is 12.2 Å². The lowest BCUT2D eigenvalue weighted by molar-refractivity contribution is -0.141. The fraction of sp³-hybridized carbons (Fsp3) is 0.778. The van der Waals surface area contributed by atoms with E-state index < -0.39 is 12.7 Å². The first-order valence-corrected chi connectivity index (χ1v) is 5.20. The normalized spacial score (nSPS) is 13.1. The molecule has 1 aromatic rings. The quantitative estimate of drug-likeness (QED) is 0.822. The first kappa shape index (κ1) is 13.2. The standard InChI is InChI=1S/C9H14F3N3S/c1-8(2,3)4-6-13-14-7(16)15(6)5-9(10,11)12/h4-5H2,1-3H3,(H,14,16). The Morgan fingerprint density at radius 2 is 1.88 bits per heavy atom. The summed E-state index contributed by atoms with van der Waals surface area (Å²) in [5.41, 5.74) is -0.135. The van der Waals surface area contributed by atoms with Crippen LogP contribution in [0.1, 0.15) is 26.6 Å². The highest BCUT2D eigenvalue weighted by Crippen LogP contribution is 2.22. The molecule has 0 aliphatic carbocycles. The summed E-state index contributed by atoms with van der Waals surface area (Å²) in [5, 5.41) is 6.23. The van der Waals surface area contributed by atoms with Crippen LogP contribution < -0.4 is 0 Å². The highest BCUT2D eigenvalue weighted by molar-refractivity contribution is 7.71. The van der Waals surface area contributed by atoms with Crippen molar-refractivity contribution in [2.45, 2.75) is 39.9 Å². The molecule has 7 heteroatoms. The van der Waals surface area contributed by atoms with E-state index in [2.05, 4.69) is 10.2 Å². The molecule has 3 nitrogen and oxygen atoms in total. The monoisotopic (exact) mass is 253 g/mol. The van der Waals surface area contributed by atoms with Crippen molar-refractivity contribution in [3.63, 3.8) is 0 Å². The van der Waals surface area contributed by atoms with E-state index in [1.54, 1.807) is 0 Å². The molecule has 0 radical (unpaired) electrons. The summed E-state index contributed by atoms with van der Waals surface area (Å²) >= 11 is 4.77. The van der Waals surface area contributed by atoms with Gasteiger partial charge in [-0.1, -0.05) is 20.8 Å². The van der Waals surface area contributed by atoms with Crippen LogP contribution in [-0.2, 0) is 13.0 Å². The van der Waals surface area contributed by atoms with Gasteiger partial charge in [0.2, 0.25) is 0 Å². The first-order valence-electron chi connectivity index (χ1n) is 4.79. The van der Waals surface area contributed by atoms with E-state index >= 15 is 0 Å². The number of alkyl halides is 3. The van der Waals surface area contributed by atoms with Crippen LogP contribution in [-0.4, -0.2) is 20.9 Å². The van der Waals surface area contributed by atoms with E-state index in [0.717, 1.165) is 4.57 Å². The predicted octanol–water partition coefficient (Wildman–Crippen LogP) is 3.09. The molecule has 1 aromatic heterocycles. The highest BCUT2D eigenvalue weighted by atomic mass is 32.1. The van der Waals surface area contributed by atoms with Gasteiger partial charge in [-0.15, -0.1) is 0 Å². The Labute approximate surface area is 96.7 Å². The van der Waals surface area contributed by atoms with Gasteiger partial charge in [-0.05, 0) is 17.6 Å². The fourth-order valence-electron chi connectivity index (χ4n) is 1.30. The van der Waals surface area contributed by atoms with Crippen LogP contribution in [0.5, 0.6) is 0 Å². The van der Waals surface area contributed by atoms with Crippen LogP contribution in [0.25, 0.3) is 0 Å². The molecule has 1 rings (SSSR count). The topological polar surface area (TPSA) is 33.6 Å². The van der Waals surface area contributed by atoms with Gasteiger partial charge in [-0.25, -0.2) is 0 Å². The molecule has 0 amide bonds. The Kier molecular flexibility index (Phi) is 3.47. The Morgan fingerprint density at radius 1 is 1.31 bits per heavy atom. The van der Waals surface area contributed by atoms with Gasteiger partial charge in [0.15, 0.2) is 4.77 Å². The molecule has 0 saturated heterocycles. The summed E-state index contributed by atoms with van der Waals surface area (Å²) in [6, 6.07) is 0. The second-order valence-corrected chi connectivity index (χ2v) is 5.27. The largest absolute Gasteiger partial charge is 0.406 e. The maximum absolute atomic E-state index is 12.3. The number of nitrogens with one attached hydrogen (secondary N) is 1. The van der Waals surface area contributed by atoms with Gasteiger partial charge < -0.3 is 0 Å². The van der Waals surface area contributed by atoms with Gasteiger partial charge in [0.05, 0.1) is 0 Å². The average molecular weight is 253 g/mol. The minimum absolute atomic E-state index is 0.0107. The first-order chi connectivity index (χ1) is 7.08. The second kappa shape index (κ2) is 4.20. The molecule has 0 bridgehead atoms. The van der Waals surface area contributed by atoms with Gasteiger partial charge in [0.25, 0.3) is 0 Å². The van der Waals surface area contributed by atoms with Crippen molar-refractivity contribution in [1.29, 1.82) is 0 Å². The van der Waals surface area contributed by atoms with Crippen LogP contribution >= 0.6 is 12.2 Å². The number of hydrogen-bond donors (Lipinski definition) is 1. The lowest BCUT2D eigenvalue weighted by atomic mass is 9.92. The van der Waals surface area contributed by atoms with Gasteiger partial charge in [0.1, 0.15) is 12.4 Å². The number of H-pyrrole nitrogens is 1. The summed E-state index contributed by atoms with van der Waals surface area (Å²) in [4.78, 5) is 0. The van der Waals surface area contributed by atoms with E-state index in [0.29, 0.717) is 12.2 Å². The van der Waals surface area contributed by atoms with Crippen molar-refractivity contribution in [3.05, 3.63) is 10.6 Å². The summed E-state index contributed by atoms with van der Waals surface area (Å²) in [7, 11) is 0. The smallest absolute Gasteiger partial charge is 0.295 e. The van der Waals surface area contributed by atoms with Crippen LogP contribution in [0.3, 0.4) is 0 Å². The number of aromatic nitrogens is 3. The van der Waals surface area contributed by atoms with Gasteiger partial charge in [-0.3, -0.25) is 9.67 Å². The van der Waals surface area contributed by atoms with Gasteiger partial charge in [0, 0.05) is 6.42 Å². The number of nitrogens with zero attached hydrogens (tertiary/aromatic N) is 2. The lowest BCUT2D eigenvalue weighted by Crippen LogP contribution is -2.22. The zero-order chi connectivity index (χ0) is 12.6. The number of halogens is 3. The number of rotatable bonds is 2. The molecule has 1 heterocycles. The highest BCUT2D eigenvalue weighted by Gasteiger charge is 2.30. The van der Waals surface area contributed by atoms with Crippen LogP contribution in [0, 0.1) is 10.2 Å². The van der Waals surface area contributed by atoms with E-state index in [1.807, 2.05) is 20.8 Å². The van der Waals surface area contributed by atoms with Crippen molar-refractivity contribution in [2.24, 2.45) is 5.41 Å². The molecular formula is C9H14F3N3S. The third-order valence-electron chi connectivity index (χ3n) is 1.86. The summed E-state index contributed by atoms with van der Waals surface area (Å²) in [6.45, 7) is 4.71. The third kappa shape index (κ3) is 3.96. The van der Waals surface area contributed by atoms with E-state index in [4.69, 9.17) is 12.2 Å². The number of aromatic amines is 1.